The highest BCUT2D eigenvalue weighted by Crippen LogP contribution is 2.15. The number of carbonyl (C=O) groups is 1. The van der Waals surface area contributed by atoms with E-state index in [0.717, 1.165) is 0 Å². The third-order valence-electron chi connectivity index (χ3n) is 2.98. The smallest absolute Gasteiger partial charge is 0.258 e. The van der Waals surface area contributed by atoms with E-state index in [9.17, 15) is 13.2 Å². The van der Waals surface area contributed by atoms with Crippen LogP contribution >= 0.6 is 0 Å². The van der Waals surface area contributed by atoms with Gasteiger partial charge in [-0.25, -0.2) is 13.1 Å². The second kappa shape index (κ2) is 7.40. The van der Waals surface area contributed by atoms with Crippen molar-refractivity contribution in [2.75, 3.05) is 19.0 Å². The van der Waals surface area contributed by atoms with Gasteiger partial charge < -0.3 is 14.5 Å². The molecule has 0 saturated carbocycles. The fraction of sp³-hybridized carbons (Fsp3) is 0.267. The number of hydrogen-bond acceptors (Lipinski definition) is 5. The third kappa shape index (κ3) is 4.65. The summed E-state index contributed by atoms with van der Waals surface area (Å²) in [6.45, 7) is 1.98. The standard InChI is InChI=1S/C15H18N2O5S/c1-11(9-21-2)17-23(19,20)14-5-3-13(4-6-14)16-15(18)12-7-8-22-10-12/h3-8,10-11,17H,9H2,1-2H3,(H,16,18). The van der Waals surface area contributed by atoms with Gasteiger partial charge in [0.15, 0.2) is 0 Å². The first-order valence-corrected chi connectivity index (χ1v) is 8.35. The quantitative estimate of drug-likeness (QED) is 0.803. The number of amides is 1. The highest BCUT2D eigenvalue weighted by Gasteiger charge is 2.17. The van der Waals surface area contributed by atoms with Crippen molar-refractivity contribution in [3.63, 3.8) is 0 Å². The van der Waals surface area contributed by atoms with Crippen LogP contribution in [0.25, 0.3) is 0 Å². The summed E-state index contributed by atoms with van der Waals surface area (Å²) in [6.07, 6.45) is 2.73. The molecule has 0 aliphatic rings. The van der Waals surface area contributed by atoms with Gasteiger partial charge in [0, 0.05) is 18.8 Å². The molecule has 2 aromatic rings. The molecule has 7 nitrogen and oxygen atoms in total. The molecule has 0 spiro atoms. The molecular weight excluding hydrogens is 320 g/mol. The number of rotatable bonds is 7. The van der Waals surface area contributed by atoms with E-state index >= 15 is 0 Å². The van der Waals surface area contributed by atoms with E-state index in [1.165, 1.54) is 50.0 Å². The first-order chi connectivity index (χ1) is 10.9. The van der Waals surface area contributed by atoms with Crippen LogP contribution in [0, 0.1) is 0 Å². The molecule has 2 N–H and O–H groups in total. The van der Waals surface area contributed by atoms with E-state index in [2.05, 4.69) is 10.0 Å². The molecule has 1 atom stereocenters. The molecule has 0 aliphatic heterocycles. The van der Waals surface area contributed by atoms with Crippen molar-refractivity contribution < 1.29 is 22.4 Å². The van der Waals surface area contributed by atoms with Gasteiger partial charge in [-0.05, 0) is 37.3 Å². The second-order valence-electron chi connectivity index (χ2n) is 4.97. The van der Waals surface area contributed by atoms with Gasteiger partial charge in [0.2, 0.25) is 10.0 Å². The molecule has 0 radical (unpaired) electrons. The summed E-state index contributed by atoms with van der Waals surface area (Å²) in [5.41, 5.74) is 0.872. The van der Waals surface area contributed by atoms with Gasteiger partial charge in [-0.1, -0.05) is 0 Å². The van der Waals surface area contributed by atoms with Gasteiger partial charge in [0.25, 0.3) is 5.91 Å². The minimum absolute atomic E-state index is 0.113. The number of nitrogens with one attached hydrogen (secondary N) is 2. The van der Waals surface area contributed by atoms with Crippen molar-refractivity contribution in [2.24, 2.45) is 0 Å². The number of hydrogen-bond donors (Lipinski definition) is 2. The molecule has 1 amide bonds. The number of ether oxygens (including phenoxy) is 1. The van der Waals surface area contributed by atoms with E-state index in [0.29, 0.717) is 11.3 Å². The zero-order chi connectivity index (χ0) is 16.9. The van der Waals surface area contributed by atoms with E-state index in [-0.39, 0.29) is 23.5 Å². The maximum atomic E-state index is 12.2. The van der Waals surface area contributed by atoms with E-state index in [1.807, 2.05) is 0 Å². The topological polar surface area (TPSA) is 97.6 Å². The van der Waals surface area contributed by atoms with E-state index in [4.69, 9.17) is 9.15 Å². The fourth-order valence-corrected chi connectivity index (χ4v) is 3.16. The van der Waals surface area contributed by atoms with Gasteiger partial charge in [-0.2, -0.15) is 0 Å². The Balaban J connectivity index is 2.05. The van der Waals surface area contributed by atoms with Crippen molar-refractivity contribution >= 4 is 21.6 Å². The van der Waals surface area contributed by atoms with Crippen LogP contribution in [-0.4, -0.2) is 34.1 Å². The Labute approximate surface area is 134 Å². The lowest BCUT2D eigenvalue weighted by Gasteiger charge is -2.13. The molecule has 1 unspecified atom stereocenters. The summed E-state index contributed by atoms with van der Waals surface area (Å²) < 4.78 is 36.6. The van der Waals surface area contributed by atoms with Gasteiger partial charge in [-0.15, -0.1) is 0 Å². The fourth-order valence-electron chi connectivity index (χ4n) is 1.93. The van der Waals surface area contributed by atoms with Crippen molar-refractivity contribution in [2.45, 2.75) is 17.9 Å². The number of benzene rings is 1. The highest BCUT2D eigenvalue weighted by atomic mass is 32.2. The summed E-state index contributed by atoms with van der Waals surface area (Å²) in [5.74, 6) is -0.332. The van der Waals surface area contributed by atoms with Crippen LogP contribution in [0.15, 0.2) is 52.2 Å². The Kier molecular flexibility index (Phi) is 5.54. The average Bonchev–Trinajstić information content (AvgIpc) is 3.01. The Hall–Kier alpha value is -2.16. The Morgan fingerprint density at radius 3 is 2.52 bits per heavy atom. The molecule has 0 saturated heterocycles. The van der Waals surface area contributed by atoms with Gasteiger partial charge in [0.05, 0.1) is 23.3 Å². The van der Waals surface area contributed by atoms with Crippen molar-refractivity contribution in [1.82, 2.24) is 4.72 Å². The first kappa shape index (κ1) is 17.2. The molecule has 0 aliphatic carbocycles. The number of sulfonamides is 1. The molecule has 1 aromatic carbocycles. The predicted molar refractivity (Wildman–Crippen MR) is 84.8 cm³/mol. The maximum Gasteiger partial charge on any atom is 0.258 e. The number of anilines is 1. The largest absolute Gasteiger partial charge is 0.472 e. The van der Waals surface area contributed by atoms with Crippen LogP contribution in [0.1, 0.15) is 17.3 Å². The summed E-state index contributed by atoms with van der Waals surface area (Å²) in [5, 5.41) is 2.65. The van der Waals surface area contributed by atoms with E-state index < -0.39 is 10.0 Å². The molecule has 23 heavy (non-hydrogen) atoms. The van der Waals surface area contributed by atoms with Gasteiger partial charge in [0.1, 0.15) is 6.26 Å². The lowest BCUT2D eigenvalue weighted by molar-refractivity contribution is 0.102. The number of methoxy groups -OCH3 is 1. The monoisotopic (exact) mass is 338 g/mol. The van der Waals surface area contributed by atoms with E-state index in [1.54, 1.807) is 6.92 Å². The molecular formula is C15H18N2O5S. The number of carbonyl (C=O) groups excluding carboxylic acids is 1. The molecule has 0 bridgehead atoms. The van der Waals surface area contributed by atoms with Crippen LogP contribution in [0.2, 0.25) is 0 Å². The Bertz CT molecular complexity index is 739. The first-order valence-electron chi connectivity index (χ1n) is 6.87. The Morgan fingerprint density at radius 1 is 1.26 bits per heavy atom. The van der Waals surface area contributed by atoms with Crippen molar-refractivity contribution in [3.8, 4) is 0 Å². The lowest BCUT2D eigenvalue weighted by Crippen LogP contribution is -2.35. The van der Waals surface area contributed by atoms with Crippen LogP contribution in [0.3, 0.4) is 0 Å². The minimum Gasteiger partial charge on any atom is -0.472 e. The molecule has 2 rings (SSSR count). The lowest BCUT2D eigenvalue weighted by atomic mass is 10.3. The number of furan rings is 1. The summed E-state index contributed by atoms with van der Waals surface area (Å²) in [6, 6.07) is 7.08. The molecule has 0 fully saturated rings. The van der Waals surface area contributed by atoms with Crippen LogP contribution < -0.4 is 10.0 Å². The normalized spacial score (nSPS) is 12.8. The third-order valence-corrected chi connectivity index (χ3v) is 4.58. The summed E-state index contributed by atoms with van der Waals surface area (Å²) in [7, 11) is -2.13. The maximum absolute atomic E-state index is 12.2. The second-order valence-corrected chi connectivity index (χ2v) is 6.68. The predicted octanol–water partition coefficient (Wildman–Crippen LogP) is 1.85. The average molecular weight is 338 g/mol. The van der Waals surface area contributed by atoms with Crippen molar-refractivity contribution in [1.29, 1.82) is 0 Å². The van der Waals surface area contributed by atoms with Crippen LogP contribution in [-0.2, 0) is 14.8 Å². The zero-order valence-corrected chi connectivity index (χ0v) is 13.6. The molecule has 8 heteroatoms. The SMILES string of the molecule is COCC(C)NS(=O)(=O)c1ccc(NC(=O)c2ccoc2)cc1. The summed E-state index contributed by atoms with van der Waals surface area (Å²) >= 11 is 0. The summed E-state index contributed by atoms with van der Waals surface area (Å²) in [4.78, 5) is 12.0. The zero-order valence-electron chi connectivity index (χ0n) is 12.8. The highest BCUT2D eigenvalue weighted by molar-refractivity contribution is 7.89. The van der Waals surface area contributed by atoms with Gasteiger partial charge in [-0.3, -0.25) is 4.79 Å². The molecule has 124 valence electrons. The van der Waals surface area contributed by atoms with Crippen LogP contribution in [0.4, 0.5) is 5.69 Å². The van der Waals surface area contributed by atoms with Gasteiger partial charge >= 0.3 is 0 Å². The minimum atomic E-state index is -3.63. The van der Waals surface area contributed by atoms with Crippen molar-refractivity contribution in [3.05, 3.63) is 48.4 Å². The molecule has 1 heterocycles. The molecule has 1 aromatic heterocycles. The Morgan fingerprint density at radius 2 is 1.96 bits per heavy atom. The van der Waals surface area contributed by atoms with Crippen LogP contribution in [0.5, 0.6) is 0 Å².